The normalized spacial score (nSPS) is 11.0. The average Bonchev–Trinajstić information content (AvgIpc) is 2.45. The van der Waals surface area contributed by atoms with Gasteiger partial charge >= 0.3 is 12.0 Å². The zero-order valence-corrected chi connectivity index (χ0v) is 12.6. The molecule has 0 spiro atoms. The van der Waals surface area contributed by atoms with Gasteiger partial charge in [0.1, 0.15) is 0 Å². The average molecular weight is 294 g/mol. The Morgan fingerprint density at radius 1 is 1.24 bits per heavy atom. The lowest BCUT2D eigenvalue weighted by atomic mass is 10.1. The Morgan fingerprint density at radius 2 is 1.81 bits per heavy atom. The molecule has 6 nitrogen and oxygen atoms in total. The molecule has 0 aromatic heterocycles. The van der Waals surface area contributed by atoms with E-state index in [1.807, 2.05) is 0 Å². The number of anilines is 1. The van der Waals surface area contributed by atoms with Crippen LogP contribution in [0.5, 0.6) is 0 Å². The maximum atomic E-state index is 12.0. The lowest BCUT2D eigenvalue weighted by molar-refractivity contribution is -0.136. The number of carboxylic acid groups (broad SMARTS) is 1. The first-order chi connectivity index (χ1) is 9.76. The maximum Gasteiger partial charge on any atom is 0.322 e. The third-order valence-electron chi connectivity index (χ3n) is 3.43. The van der Waals surface area contributed by atoms with E-state index in [1.54, 1.807) is 45.2 Å². The Kier molecular flexibility index (Phi) is 5.72. The van der Waals surface area contributed by atoms with Crippen molar-refractivity contribution in [3.63, 3.8) is 0 Å². The molecule has 0 aliphatic rings. The van der Waals surface area contributed by atoms with E-state index in [2.05, 4.69) is 5.32 Å². The molecule has 0 bridgehead atoms. The number of aliphatic carboxylic acids is 1. The fourth-order valence-corrected chi connectivity index (χ4v) is 1.59. The van der Waals surface area contributed by atoms with Crippen molar-refractivity contribution in [2.45, 2.75) is 32.2 Å². The van der Waals surface area contributed by atoms with Gasteiger partial charge in [-0.05, 0) is 38.0 Å². The highest BCUT2D eigenvalue weighted by Crippen LogP contribution is 2.15. The Hall–Kier alpha value is -2.08. The number of carboxylic acids is 1. The third kappa shape index (κ3) is 5.07. The van der Waals surface area contributed by atoms with E-state index >= 15 is 0 Å². The molecule has 3 N–H and O–H groups in total. The van der Waals surface area contributed by atoms with Crippen LogP contribution in [0.1, 0.15) is 25.8 Å². The number of likely N-dealkylation sites (N-methyl/N-ethyl adjacent to an activating group) is 1. The van der Waals surface area contributed by atoms with Crippen molar-refractivity contribution in [3.05, 3.63) is 29.8 Å². The van der Waals surface area contributed by atoms with Crippen LogP contribution in [0.2, 0.25) is 0 Å². The predicted octanol–water partition coefficient (Wildman–Crippen LogP) is 1.94. The minimum Gasteiger partial charge on any atom is -0.481 e. The molecule has 1 rings (SSSR count). The lowest BCUT2D eigenvalue weighted by Gasteiger charge is -2.33. The second-order valence-electron chi connectivity index (χ2n) is 5.55. The fraction of sp³-hybridized carbons (Fsp3) is 0.467. The van der Waals surface area contributed by atoms with E-state index in [-0.39, 0.29) is 19.1 Å². The number of amides is 2. The van der Waals surface area contributed by atoms with Crippen LogP contribution < -0.4 is 5.32 Å². The highest BCUT2D eigenvalue weighted by atomic mass is 16.4. The van der Waals surface area contributed by atoms with Crippen molar-refractivity contribution < 1.29 is 19.8 Å². The summed E-state index contributed by atoms with van der Waals surface area (Å²) in [7, 11) is 1.62. The van der Waals surface area contributed by atoms with Crippen LogP contribution in [0.3, 0.4) is 0 Å². The summed E-state index contributed by atoms with van der Waals surface area (Å²) in [4.78, 5) is 24.0. The molecule has 0 aliphatic heterocycles. The molecular formula is C15H22N2O4. The number of carbonyl (C=O) groups excluding carboxylic acids is 1. The molecule has 1 aromatic rings. The van der Waals surface area contributed by atoms with Crippen molar-refractivity contribution in [1.82, 2.24) is 4.90 Å². The van der Waals surface area contributed by atoms with Crippen LogP contribution in [-0.4, -0.2) is 46.3 Å². The van der Waals surface area contributed by atoms with Crippen molar-refractivity contribution in [1.29, 1.82) is 0 Å². The number of rotatable bonds is 6. The molecule has 0 saturated carbocycles. The number of nitrogens with one attached hydrogen (secondary N) is 1. The van der Waals surface area contributed by atoms with Crippen LogP contribution >= 0.6 is 0 Å². The number of hydrogen-bond donors (Lipinski definition) is 3. The molecule has 21 heavy (non-hydrogen) atoms. The molecule has 0 heterocycles. The van der Waals surface area contributed by atoms with E-state index in [4.69, 9.17) is 5.11 Å². The number of hydrogen-bond acceptors (Lipinski definition) is 3. The highest BCUT2D eigenvalue weighted by Gasteiger charge is 2.26. The smallest absolute Gasteiger partial charge is 0.322 e. The zero-order chi connectivity index (χ0) is 16.0. The molecular weight excluding hydrogens is 272 g/mol. The summed E-state index contributed by atoms with van der Waals surface area (Å²) in [5.74, 6) is -0.833. The van der Waals surface area contributed by atoms with Crippen LogP contribution in [0, 0.1) is 0 Å². The number of aliphatic hydroxyl groups is 1. The molecule has 2 amide bonds. The van der Waals surface area contributed by atoms with Gasteiger partial charge in [-0.2, -0.15) is 0 Å². The summed E-state index contributed by atoms with van der Waals surface area (Å²) < 4.78 is 0. The van der Waals surface area contributed by atoms with Crippen molar-refractivity contribution in [3.8, 4) is 0 Å². The van der Waals surface area contributed by atoms with Crippen molar-refractivity contribution in [2.75, 3.05) is 19.0 Å². The summed E-state index contributed by atoms with van der Waals surface area (Å²) in [6.07, 6.45) is 0.542. The summed E-state index contributed by atoms with van der Waals surface area (Å²) in [6.45, 7) is 3.40. The van der Waals surface area contributed by atoms with Gasteiger partial charge < -0.3 is 20.4 Å². The second kappa shape index (κ2) is 7.08. The minimum atomic E-state index is -0.833. The number of benzene rings is 1. The van der Waals surface area contributed by atoms with Crippen LogP contribution in [0.15, 0.2) is 24.3 Å². The van der Waals surface area contributed by atoms with E-state index in [0.717, 1.165) is 5.56 Å². The molecule has 0 saturated heterocycles. The first kappa shape index (κ1) is 17.0. The summed E-state index contributed by atoms with van der Waals surface area (Å²) in [6, 6.07) is 6.72. The molecule has 0 unspecified atom stereocenters. The Balaban J connectivity index is 2.63. The molecule has 0 fully saturated rings. The maximum absolute atomic E-state index is 12.0. The number of urea groups is 1. The first-order valence-corrected chi connectivity index (χ1v) is 6.72. The van der Waals surface area contributed by atoms with Gasteiger partial charge in [0.15, 0.2) is 0 Å². The van der Waals surface area contributed by atoms with Gasteiger partial charge in [-0.25, -0.2) is 4.79 Å². The first-order valence-electron chi connectivity index (χ1n) is 6.72. The fourth-order valence-electron chi connectivity index (χ4n) is 1.59. The molecule has 0 atom stereocenters. The Bertz CT molecular complexity index is 497. The molecule has 6 heteroatoms. The van der Waals surface area contributed by atoms with Crippen LogP contribution in [0.25, 0.3) is 0 Å². The van der Waals surface area contributed by atoms with Crippen molar-refractivity contribution in [2.24, 2.45) is 0 Å². The number of aryl methyl sites for hydroxylation is 1. The Morgan fingerprint density at radius 3 is 2.29 bits per heavy atom. The molecule has 116 valence electrons. The zero-order valence-electron chi connectivity index (χ0n) is 12.6. The third-order valence-corrected chi connectivity index (χ3v) is 3.43. The van der Waals surface area contributed by atoms with E-state index < -0.39 is 11.5 Å². The summed E-state index contributed by atoms with van der Waals surface area (Å²) in [5, 5.41) is 20.6. The number of aliphatic hydroxyl groups excluding tert-OH is 1. The highest BCUT2D eigenvalue weighted by molar-refractivity contribution is 5.89. The molecule has 1 aromatic carbocycles. The minimum absolute atomic E-state index is 0.0825. The monoisotopic (exact) mass is 294 g/mol. The lowest BCUT2D eigenvalue weighted by Crippen LogP contribution is -2.49. The number of nitrogens with zero attached hydrogens (tertiary/aromatic N) is 1. The molecule has 0 aliphatic carbocycles. The van der Waals surface area contributed by atoms with Gasteiger partial charge in [-0.3, -0.25) is 4.79 Å². The predicted molar refractivity (Wildman–Crippen MR) is 80.3 cm³/mol. The topological polar surface area (TPSA) is 89.9 Å². The van der Waals surface area contributed by atoms with Gasteiger partial charge in [-0.15, -0.1) is 0 Å². The van der Waals surface area contributed by atoms with Gasteiger partial charge in [0, 0.05) is 19.2 Å². The quantitative estimate of drug-likeness (QED) is 0.748. The van der Waals surface area contributed by atoms with Gasteiger partial charge in [0.05, 0.1) is 12.1 Å². The summed E-state index contributed by atoms with van der Waals surface area (Å²) in [5.41, 5.74) is 0.880. The standard InChI is InChI=1S/C15H22N2O4/c1-15(2,10-18)17(3)14(21)16-12-7-4-11(5-8-12)6-9-13(19)20/h4-5,7-8,18H,6,9-10H2,1-3H3,(H,16,21)(H,19,20). The largest absolute Gasteiger partial charge is 0.481 e. The van der Waals surface area contributed by atoms with Crippen LogP contribution in [-0.2, 0) is 11.2 Å². The SMILES string of the molecule is CN(C(=O)Nc1ccc(CCC(=O)O)cc1)C(C)(C)CO. The second-order valence-corrected chi connectivity index (χ2v) is 5.55. The number of carbonyl (C=O) groups is 2. The van der Waals surface area contributed by atoms with Gasteiger partial charge in [-0.1, -0.05) is 12.1 Å². The van der Waals surface area contributed by atoms with Crippen molar-refractivity contribution >= 4 is 17.7 Å². The van der Waals surface area contributed by atoms with Gasteiger partial charge in [0.25, 0.3) is 0 Å². The van der Waals surface area contributed by atoms with E-state index in [9.17, 15) is 14.7 Å². The Labute approximate surface area is 124 Å². The van der Waals surface area contributed by atoms with E-state index in [0.29, 0.717) is 12.1 Å². The van der Waals surface area contributed by atoms with Crippen LogP contribution in [0.4, 0.5) is 10.5 Å². The summed E-state index contributed by atoms with van der Waals surface area (Å²) >= 11 is 0. The van der Waals surface area contributed by atoms with Gasteiger partial charge in [0.2, 0.25) is 0 Å². The van der Waals surface area contributed by atoms with E-state index in [1.165, 1.54) is 4.90 Å². The molecule has 0 radical (unpaired) electrons.